The highest BCUT2D eigenvalue weighted by Gasteiger charge is 2.02. The third-order valence-corrected chi connectivity index (χ3v) is 1.17. The van der Waals surface area contributed by atoms with E-state index in [1.165, 1.54) is 0 Å². The molecule has 4 heteroatoms. The minimum absolute atomic E-state index is 0.115. The van der Waals surface area contributed by atoms with Crippen LogP contribution in [0.4, 0.5) is 0 Å². The summed E-state index contributed by atoms with van der Waals surface area (Å²) in [4.78, 5) is 0.115. The summed E-state index contributed by atoms with van der Waals surface area (Å²) in [6.07, 6.45) is -0.571. The van der Waals surface area contributed by atoms with Gasteiger partial charge in [0.15, 0.2) is 0 Å². The third kappa shape index (κ3) is 4.34. The molecule has 0 rings (SSSR count). The lowest BCUT2D eigenvalue weighted by Gasteiger charge is -2.27. The minimum atomic E-state index is -0.571. The van der Waals surface area contributed by atoms with Crippen molar-refractivity contribution in [3.8, 4) is 0 Å². The van der Waals surface area contributed by atoms with Gasteiger partial charge in [0.05, 0.1) is 6.29 Å². The van der Waals surface area contributed by atoms with Gasteiger partial charge in [0.25, 0.3) is 0 Å². The van der Waals surface area contributed by atoms with Crippen LogP contribution in [0.5, 0.6) is 0 Å². The van der Waals surface area contributed by atoms with E-state index in [1.54, 1.807) is 0 Å². The van der Waals surface area contributed by atoms with Crippen LogP contribution in [-0.2, 0) is 9.47 Å². The lowest BCUT2D eigenvalue weighted by molar-refractivity contribution is -0.112. The molecule has 0 saturated heterocycles. The lowest BCUT2D eigenvalue weighted by Crippen LogP contribution is -2.19. The van der Waals surface area contributed by atoms with Gasteiger partial charge in [-0.1, -0.05) is 4.84 Å². The smallest absolute Gasteiger partial charge is 0.0642 e. The van der Waals surface area contributed by atoms with Crippen molar-refractivity contribution < 1.29 is 9.47 Å². The molecular weight excluding hydrogens is 175 g/mol. The topological polar surface area (TPSA) is 18.5 Å². The van der Waals surface area contributed by atoms with Crippen molar-refractivity contribution >= 4 is 23.2 Å². The van der Waals surface area contributed by atoms with Crippen molar-refractivity contribution in [1.82, 2.24) is 0 Å². The monoisotopic (exact) mass is 185 g/mol. The van der Waals surface area contributed by atoms with Crippen LogP contribution >= 0.6 is 23.2 Å². The van der Waals surface area contributed by atoms with Crippen LogP contribution in [0.2, 0.25) is 0 Å². The van der Waals surface area contributed by atoms with Crippen LogP contribution in [0, 0.1) is 4.84 Å². The van der Waals surface area contributed by atoms with Gasteiger partial charge in [-0.15, -0.1) is 0 Å². The summed E-state index contributed by atoms with van der Waals surface area (Å²) >= 11 is 10.9. The molecule has 0 bridgehead atoms. The summed E-state index contributed by atoms with van der Waals surface area (Å²) in [6, 6.07) is 0. The SMILES string of the molecule is CCOC(OCC)[C-](Cl)Cl. The van der Waals surface area contributed by atoms with Gasteiger partial charge in [-0.25, -0.2) is 0 Å². The van der Waals surface area contributed by atoms with Gasteiger partial charge >= 0.3 is 0 Å². The Morgan fingerprint density at radius 1 is 1.20 bits per heavy atom. The molecule has 0 atom stereocenters. The van der Waals surface area contributed by atoms with Crippen molar-refractivity contribution in [3.05, 3.63) is 4.84 Å². The normalized spacial score (nSPS) is 11.4. The van der Waals surface area contributed by atoms with E-state index in [0.717, 1.165) is 0 Å². The predicted molar refractivity (Wildman–Crippen MR) is 42.0 cm³/mol. The number of rotatable bonds is 5. The molecule has 2 nitrogen and oxygen atoms in total. The van der Waals surface area contributed by atoms with E-state index in [0.29, 0.717) is 13.2 Å². The molecule has 10 heavy (non-hydrogen) atoms. The van der Waals surface area contributed by atoms with Crippen molar-refractivity contribution in [1.29, 1.82) is 0 Å². The first kappa shape index (κ1) is 10.5. The van der Waals surface area contributed by atoms with Gasteiger partial charge in [0.2, 0.25) is 0 Å². The van der Waals surface area contributed by atoms with Crippen molar-refractivity contribution in [3.63, 3.8) is 0 Å². The van der Waals surface area contributed by atoms with E-state index in [1.807, 2.05) is 13.8 Å². The molecule has 0 heterocycles. The second-order valence-electron chi connectivity index (χ2n) is 1.53. The number of ether oxygens (including phenoxy) is 2. The molecule has 0 aromatic heterocycles. The first-order valence-electron chi connectivity index (χ1n) is 3.13. The molecule has 0 unspecified atom stereocenters. The Kier molecular flexibility index (Phi) is 6.54. The lowest BCUT2D eigenvalue weighted by atomic mass is 10.7. The van der Waals surface area contributed by atoms with Crippen molar-refractivity contribution in [2.45, 2.75) is 20.1 Å². The maximum absolute atomic E-state index is 5.43. The Hall–Kier alpha value is 0.500. The van der Waals surface area contributed by atoms with E-state index < -0.39 is 6.29 Å². The average molecular weight is 186 g/mol. The zero-order chi connectivity index (χ0) is 7.98. The van der Waals surface area contributed by atoms with E-state index in [9.17, 15) is 0 Å². The maximum Gasteiger partial charge on any atom is 0.0642 e. The van der Waals surface area contributed by atoms with Crippen LogP contribution in [0.15, 0.2) is 0 Å². The van der Waals surface area contributed by atoms with E-state index in [-0.39, 0.29) is 4.84 Å². The van der Waals surface area contributed by atoms with Gasteiger partial charge < -0.3 is 32.7 Å². The number of hydrogen-bond donors (Lipinski definition) is 0. The molecule has 0 aliphatic heterocycles. The fourth-order valence-corrected chi connectivity index (χ4v) is 0.729. The highest BCUT2D eigenvalue weighted by atomic mass is 35.5. The Labute approximate surface area is 71.4 Å². The van der Waals surface area contributed by atoms with Crippen LogP contribution in [-0.4, -0.2) is 19.5 Å². The minimum Gasteiger partial charge on any atom is -0.381 e. The van der Waals surface area contributed by atoms with E-state index in [4.69, 9.17) is 32.7 Å². The molecular formula is C6H11Cl2O2-. The van der Waals surface area contributed by atoms with Gasteiger partial charge in [0, 0.05) is 13.2 Å². The molecule has 62 valence electrons. The quantitative estimate of drug-likeness (QED) is 0.484. The molecule has 0 aromatic rings. The van der Waals surface area contributed by atoms with E-state index in [2.05, 4.69) is 0 Å². The maximum atomic E-state index is 5.43. The zero-order valence-corrected chi connectivity index (χ0v) is 7.58. The molecule has 0 aromatic carbocycles. The van der Waals surface area contributed by atoms with Gasteiger partial charge in [-0.3, -0.25) is 0 Å². The summed E-state index contributed by atoms with van der Waals surface area (Å²) in [5.74, 6) is 0. The summed E-state index contributed by atoms with van der Waals surface area (Å²) in [7, 11) is 0. The molecule has 0 aliphatic carbocycles. The summed E-state index contributed by atoms with van der Waals surface area (Å²) in [5.41, 5.74) is 0. The number of halogens is 2. The molecule has 0 aliphatic rings. The predicted octanol–water partition coefficient (Wildman–Crippen LogP) is 2.35. The van der Waals surface area contributed by atoms with Gasteiger partial charge in [-0.2, -0.15) is 0 Å². The van der Waals surface area contributed by atoms with Crippen molar-refractivity contribution in [2.24, 2.45) is 0 Å². The second kappa shape index (κ2) is 6.23. The van der Waals surface area contributed by atoms with Crippen LogP contribution < -0.4 is 0 Å². The fraction of sp³-hybridized carbons (Fsp3) is 0.833. The summed E-state index contributed by atoms with van der Waals surface area (Å²) in [6.45, 7) is 4.77. The standard InChI is InChI=1S/C6H11Cl2O2/c1-3-9-6(5(7)8)10-4-2/h6H,3-4H2,1-2H3/q-1. The third-order valence-electron chi connectivity index (χ3n) is 0.814. The molecule has 0 fully saturated rings. The van der Waals surface area contributed by atoms with E-state index >= 15 is 0 Å². The second-order valence-corrected chi connectivity index (χ2v) is 2.54. The highest BCUT2D eigenvalue weighted by Crippen LogP contribution is 2.20. The molecule has 0 N–H and O–H groups in total. The Morgan fingerprint density at radius 3 is 1.80 bits per heavy atom. The van der Waals surface area contributed by atoms with Crippen LogP contribution in [0.25, 0.3) is 0 Å². The Morgan fingerprint density at radius 2 is 1.60 bits per heavy atom. The highest BCUT2D eigenvalue weighted by molar-refractivity contribution is 6.52. The largest absolute Gasteiger partial charge is 0.381 e. The van der Waals surface area contributed by atoms with Crippen LogP contribution in [0.1, 0.15) is 13.8 Å². The van der Waals surface area contributed by atoms with Crippen LogP contribution in [0.3, 0.4) is 0 Å². The average Bonchev–Trinajstić information content (AvgIpc) is 1.87. The molecule has 0 spiro atoms. The fourth-order valence-electron chi connectivity index (χ4n) is 0.477. The first-order valence-corrected chi connectivity index (χ1v) is 3.89. The first-order chi connectivity index (χ1) is 4.72. The molecule has 0 saturated carbocycles. The summed E-state index contributed by atoms with van der Waals surface area (Å²) in [5, 5.41) is 0. The number of hydrogen-bond acceptors (Lipinski definition) is 2. The Balaban J connectivity index is 3.50. The molecule has 0 radical (unpaired) electrons. The Bertz CT molecular complexity index is 72.1. The van der Waals surface area contributed by atoms with Crippen molar-refractivity contribution in [2.75, 3.05) is 13.2 Å². The zero-order valence-electron chi connectivity index (χ0n) is 6.06. The summed E-state index contributed by atoms with van der Waals surface area (Å²) < 4.78 is 10.0. The van der Waals surface area contributed by atoms with Gasteiger partial charge in [0.1, 0.15) is 0 Å². The molecule has 0 amide bonds. The van der Waals surface area contributed by atoms with Gasteiger partial charge in [-0.05, 0) is 13.8 Å².